The molecule has 0 bridgehead atoms. The topological polar surface area (TPSA) is 50.8 Å². The summed E-state index contributed by atoms with van der Waals surface area (Å²) in [5.74, 6) is 0.454. The number of halogens is 1. The van der Waals surface area contributed by atoms with Gasteiger partial charge >= 0.3 is 5.97 Å². The van der Waals surface area contributed by atoms with Crippen LogP contribution in [0.15, 0.2) is 24.3 Å². The van der Waals surface area contributed by atoms with Gasteiger partial charge in [0, 0.05) is 32.7 Å². The van der Waals surface area contributed by atoms with Crippen molar-refractivity contribution in [2.45, 2.75) is 0 Å². The predicted octanol–water partition coefficient (Wildman–Crippen LogP) is 1.18. The summed E-state index contributed by atoms with van der Waals surface area (Å²) >= 11 is 0. The third kappa shape index (κ3) is 5.00. The summed E-state index contributed by atoms with van der Waals surface area (Å²) in [6.07, 6.45) is 0. The number of hydrogen-bond donors (Lipinski definition) is 1. The Labute approximate surface area is 125 Å². The van der Waals surface area contributed by atoms with Gasteiger partial charge in [-0.1, -0.05) is 0 Å². The number of carbonyl (C=O) groups is 1. The molecule has 1 heterocycles. The molecule has 0 saturated carbocycles. The molecule has 0 aromatic heterocycles. The van der Waals surface area contributed by atoms with Gasteiger partial charge in [0.2, 0.25) is 0 Å². The predicted molar refractivity (Wildman–Crippen MR) is 79.8 cm³/mol. The van der Waals surface area contributed by atoms with E-state index in [-0.39, 0.29) is 18.4 Å². The maximum atomic E-state index is 11.3. The average Bonchev–Trinajstić information content (AvgIpc) is 2.48. The summed E-state index contributed by atoms with van der Waals surface area (Å²) in [6, 6.07) is 7.02. The first kappa shape index (κ1) is 16.8. The first-order chi connectivity index (χ1) is 9.29. The second kappa shape index (κ2) is 8.79. The van der Waals surface area contributed by atoms with Crippen LogP contribution in [-0.4, -0.2) is 57.3 Å². The lowest BCUT2D eigenvalue weighted by atomic mass is 10.2. The van der Waals surface area contributed by atoms with Crippen LogP contribution in [0.25, 0.3) is 0 Å². The van der Waals surface area contributed by atoms with E-state index in [4.69, 9.17) is 4.74 Å². The van der Waals surface area contributed by atoms with Crippen LogP contribution in [-0.2, 0) is 4.74 Å². The van der Waals surface area contributed by atoms with E-state index in [1.54, 1.807) is 24.3 Å². The highest BCUT2D eigenvalue weighted by Crippen LogP contribution is 2.12. The van der Waals surface area contributed by atoms with Crippen LogP contribution in [0.1, 0.15) is 10.4 Å². The Morgan fingerprint density at radius 2 is 1.90 bits per heavy atom. The zero-order valence-corrected chi connectivity index (χ0v) is 12.4. The first-order valence-electron chi connectivity index (χ1n) is 6.54. The van der Waals surface area contributed by atoms with Crippen molar-refractivity contribution in [2.24, 2.45) is 0 Å². The molecule has 0 atom stereocenters. The van der Waals surface area contributed by atoms with E-state index in [1.807, 2.05) is 0 Å². The van der Waals surface area contributed by atoms with Crippen LogP contribution in [0.3, 0.4) is 0 Å². The summed E-state index contributed by atoms with van der Waals surface area (Å²) in [6.45, 7) is 5.84. The first-order valence-corrected chi connectivity index (χ1v) is 6.54. The maximum absolute atomic E-state index is 11.3. The van der Waals surface area contributed by atoms with Gasteiger partial charge in [-0.05, 0) is 24.3 Å². The molecule has 1 saturated heterocycles. The normalized spacial score (nSPS) is 15.2. The molecule has 1 aromatic rings. The molecule has 112 valence electrons. The minimum Gasteiger partial charge on any atom is -0.492 e. The third-order valence-corrected chi connectivity index (χ3v) is 3.16. The number of methoxy groups -OCH3 is 1. The van der Waals surface area contributed by atoms with Crippen molar-refractivity contribution in [3.8, 4) is 5.75 Å². The standard InChI is InChI=1S/C14H20N2O3.ClH/c1-18-14(17)12-2-4-13(5-3-12)19-11-10-16-8-6-15-7-9-16;/h2-5,15H,6-11H2,1H3;1H. The fraction of sp³-hybridized carbons (Fsp3) is 0.500. The molecular weight excluding hydrogens is 280 g/mol. The van der Waals surface area contributed by atoms with E-state index < -0.39 is 0 Å². The van der Waals surface area contributed by atoms with E-state index in [0.717, 1.165) is 38.5 Å². The quantitative estimate of drug-likeness (QED) is 0.828. The second-order valence-corrected chi connectivity index (χ2v) is 4.46. The van der Waals surface area contributed by atoms with Crippen molar-refractivity contribution in [3.63, 3.8) is 0 Å². The minimum absolute atomic E-state index is 0. The molecule has 0 amide bonds. The smallest absolute Gasteiger partial charge is 0.337 e. The molecule has 1 aliphatic rings. The van der Waals surface area contributed by atoms with Crippen LogP contribution in [0.5, 0.6) is 5.75 Å². The van der Waals surface area contributed by atoms with E-state index in [0.29, 0.717) is 12.2 Å². The Hall–Kier alpha value is -1.30. The van der Waals surface area contributed by atoms with Gasteiger partial charge in [-0.15, -0.1) is 12.4 Å². The van der Waals surface area contributed by atoms with Crippen molar-refractivity contribution in [1.29, 1.82) is 0 Å². The van der Waals surface area contributed by atoms with E-state index in [9.17, 15) is 4.79 Å². The number of piperazine rings is 1. The minimum atomic E-state index is -0.327. The number of esters is 1. The van der Waals surface area contributed by atoms with Gasteiger partial charge in [-0.25, -0.2) is 4.79 Å². The SMILES string of the molecule is COC(=O)c1ccc(OCCN2CCNCC2)cc1.Cl. The zero-order valence-electron chi connectivity index (χ0n) is 11.6. The lowest BCUT2D eigenvalue weighted by Gasteiger charge is -2.26. The van der Waals surface area contributed by atoms with Crippen LogP contribution in [0.2, 0.25) is 0 Å². The zero-order chi connectivity index (χ0) is 13.5. The number of rotatable bonds is 5. The Kier molecular flexibility index (Phi) is 7.36. The molecule has 1 aromatic carbocycles. The van der Waals surface area contributed by atoms with Crippen LogP contribution >= 0.6 is 12.4 Å². The van der Waals surface area contributed by atoms with Crippen LogP contribution in [0.4, 0.5) is 0 Å². The van der Waals surface area contributed by atoms with E-state index >= 15 is 0 Å². The van der Waals surface area contributed by atoms with Crippen LogP contribution in [0, 0.1) is 0 Å². The Balaban J connectivity index is 0.00000200. The lowest BCUT2D eigenvalue weighted by Crippen LogP contribution is -2.44. The molecule has 1 aliphatic heterocycles. The van der Waals surface area contributed by atoms with Gasteiger partial charge in [0.25, 0.3) is 0 Å². The van der Waals surface area contributed by atoms with Gasteiger partial charge in [0.05, 0.1) is 12.7 Å². The molecule has 0 radical (unpaired) electrons. The summed E-state index contributed by atoms with van der Waals surface area (Å²) in [5, 5.41) is 3.32. The Morgan fingerprint density at radius 1 is 1.25 bits per heavy atom. The van der Waals surface area contributed by atoms with Crippen molar-refractivity contribution < 1.29 is 14.3 Å². The molecular formula is C14H21ClN2O3. The maximum Gasteiger partial charge on any atom is 0.337 e. The molecule has 0 aliphatic carbocycles. The van der Waals surface area contributed by atoms with Gasteiger partial charge < -0.3 is 14.8 Å². The van der Waals surface area contributed by atoms with Gasteiger partial charge in [0.15, 0.2) is 0 Å². The molecule has 6 heteroatoms. The number of nitrogens with one attached hydrogen (secondary N) is 1. The number of hydrogen-bond acceptors (Lipinski definition) is 5. The fourth-order valence-corrected chi connectivity index (χ4v) is 2.03. The fourth-order valence-electron chi connectivity index (χ4n) is 2.03. The summed E-state index contributed by atoms with van der Waals surface area (Å²) < 4.78 is 10.3. The van der Waals surface area contributed by atoms with Crippen molar-refractivity contribution in [3.05, 3.63) is 29.8 Å². The average molecular weight is 301 g/mol. The van der Waals surface area contributed by atoms with Crippen LogP contribution < -0.4 is 10.1 Å². The van der Waals surface area contributed by atoms with Crippen molar-refractivity contribution >= 4 is 18.4 Å². The van der Waals surface area contributed by atoms with E-state index in [1.165, 1.54) is 7.11 Å². The van der Waals surface area contributed by atoms with Gasteiger partial charge in [-0.3, -0.25) is 4.90 Å². The molecule has 2 rings (SSSR count). The number of nitrogens with zero attached hydrogens (tertiary/aromatic N) is 1. The summed E-state index contributed by atoms with van der Waals surface area (Å²) in [7, 11) is 1.38. The summed E-state index contributed by atoms with van der Waals surface area (Å²) in [4.78, 5) is 13.6. The Bertz CT molecular complexity index is 405. The van der Waals surface area contributed by atoms with Gasteiger partial charge in [-0.2, -0.15) is 0 Å². The highest BCUT2D eigenvalue weighted by atomic mass is 35.5. The molecule has 1 fully saturated rings. The third-order valence-electron chi connectivity index (χ3n) is 3.16. The van der Waals surface area contributed by atoms with E-state index in [2.05, 4.69) is 15.0 Å². The molecule has 20 heavy (non-hydrogen) atoms. The molecule has 1 N–H and O–H groups in total. The largest absolute Gasteiger partial charge is 0.492 e. The second-order valence-electron chi connectivity index (χ2n) is 4.46. The highest BCUT2D eigenvalue weighted by molar-refractivity contribution is 5.89. The molecule has 0 unspecified atom stereocenters. The Morgan fingerprint density at radius 3 is 2.50 bits per heavy atom. The molecule has 5 nitrogen and oxygen atoms in total. The lowest BCUT2D eigenvalue weighted by molar-refractivity contribution is 0.0600. The highest BCUT2D eigenvalue weighted by Gasteiger charge is 2.09. The van der Waals surface area contributed by atoms with Crippen molar-refractivity contribution in [2.75, 3.05) is 46.4 Å². The number of benzene rings is 1. The number of carbonyl (C=O) groups excluding carboxylic acids is 1. The monoisotopic (exact) mass is 300 g/mol. The summed E-state index contributed by atoms with van der Waals surface area (Å²) in [5.41, 5.74) is 0.539. The number of ether oxygens (including phenoxy) is 2. The van der Waals surface area contributed by atoms with Crippen molar-refractivity contribution in [1.82, 2.24) is 10.2 Å². The van der Waals surface area contributed by atoms with Gasteiger partial charge in [0.1, 0.15) is 12.4 Å². The molecule has 0 spiro atoms.